The van der Waals surface area contributed by atoms with Gasteiger partial charge < -0.3 is 10.1 Å². The summed E-state index contributed by atoms with van der Waals surface area (Å²) in [6.45, 7) is -0.280. The molecule has 1 aliphatic rings. The van der Waals surface area contributed by atoms with E-state index in [0.29, 0.717) is 11.3 Å². The molecule has 92 valence electrons. The zero-order chi connectivity index (χ0) is 13.0. The van der Waals surface area contributed by atoms with Gasteiger partial charge in [-0.1, -0.05) is 6.07 Å². The van der Waals surface area contributed by atoms with E-state index in [0.717, 1.165) is 12.8 Å². The molecule has 2 rings (SSSR count). The Morgan fingerprint density at radius 3 is 2.89 bits per heavy atom. The molecule has 0 saturated heterocycles. The van der Waals surface area contributed by atoms with Crippen LogP contribution in [0, 0.1) is 17.2 Å². The van der Waals surface area contributed by atoms with Crippen LogP contribution in [-0.2, 0) is 9.53 Å². The predicted molar refractivity (Wildman–Crippen MR) is 63.7 cm³/mol. The molecule has 1 aromatic rings. The fourth-order valence-corrected chi connectivity index (χ4v) is 1.49. The first-order valence-corrected chi connectivity index (χ1v) is 5.65. The van der Waals surface area contributed by atoms with Crippen molar-refractivity contribution < 1.29 is 14.3 Å². The van der Waals surface area contributed by atoms with Gasteiger partial charge in [-0.2, -0.15) is 5.26 Å². The number of anilines is 1. The van der Waals surface area contributed by atoms with Gasteiger partial charge in [0.2, 0.25) is 5.91 Å². The number of esters is 1. The third-order valence-corrected chi connectivity index (χ3v) is 2.58. The highest BCUT2D eigenvalue weighted by Gasteiger charge is 2.29. The second-order valence-corrected chi connectivity index (χ2v) is 4.08. The van der Waals surface area contributed by atoms with Crippen molar-refractivity contribution in [2.45, 2.75) is 12.8 Å². The molecule has 1 amide bonds. The lowest BCUT2D eigenvalue weighted by molar-refractivity contribution is -0.117. The Balaban J connectivity index is 2.02. The molecule has 0 aliphatic heterocycles. The Morgan fingerprint density at radius 1 is 1.44 bits per heavy atom. The highest BCUT2D eigenvalue weighted by atomic mass is 16.5. The molecular weight excluding hydrogens is 232 g/mol. The minimum atomic E-state index is -0.570. The van der Waals surface area contributed by atoms with Crippen LogP contribution in [0.3, 0.4) is 0 Å². The van der Waals surface area contributed by atoms with Gasteiger partial charge >= 0.3 is 5.97 Å². The number of nitrogens with one attached hydrogen (secondary N) is 1. The number of benzene rings is 1. The first-order valence-electron chi connectivity index (χ1n) is 5.65. The predicted octanol–water partition coefficient (Wildman–Crippen LogP) is 1.72. The van der Waals surface area contributed by atoms with Gasteiger partial charge in [-0.05, 0) is 31.0 Å². The summed E-state index contributed by atoms with van der Waals surface area (Å²) < 4.78 is 4.68. The van der Waals surface area contributed by atoms with Crippen LogP contribution in [0.5, 0.6) is 0 Å². The van der Waals surface area contributed by atoms with Gasteiger partial charge in [0, 0.05) is 11.6 Å². The van der Waals surface area contributed by atoms with Gasteiger partial charge in [-0.15, -0.1) is 0 Å². The monoisotopic (exact) mass is 244 g/mol. The summed E-state index contributed by atoms with van der Waals surface area (Å²) >= 11 is 0. The van der Waals surface area contributed by atoms with E-state index in [2.05, 4.69) is 10.1 Å². The standard InChI is InChI=1S/C13H12N2O3/c14-6-7-18-13(17)10-2-1-3-11(8-10)15-12(16)9-4-5-9/h1-3,8-9H,4-5,7H2,(H,15,16). The molecule has 0 atom stereocenters. The van der Waals surface area contributed by atoms with Crippen LogP contribution in [0.1, 0.15) is 23.2 Å². The molecule has 0 bridgehead atoms. The van der Waals surface area contributed by atoms with E-state index in [1.165, 1.54) is 0 Å². The van der Waals surface area contributed by atoms with Crippen molar-refractivity contribution in [2.75, 3.05) is 11.9 Å². The second-order valence-electron chi connectivity index (χ2n) is 4.08. The average Bonchev–Trinajstić information content (AvgIpc) is 3.20. The zero-order valence-corrected chi connectivity index (χ0v) is 9.68. The normalized spacial score (nSPS) is 13.5. The molecule has 0 radical (unpaired) electrons. The van der Waals surface area contributed by atoms with Crippen LogP contribution in [0.2, 0.25) is 0 Å². The van der Waals surface area contributed by atoms with Gasteiger partial charge in [0.1, 0.15) is 6.07 Å². The lowest BCUT2D eigenvalue weighted by Crippen LogP contribution is -2.14. The zero-order valence-electron chi connectivity index (χ0n) is 9.68. The quantitative estimate of drug-likeness (QED) is 0.818. The molecular formula is C13H12N2O3. The number of hydrogen-bond donors (Lipinski definition) is 1. The highest BCUT2D eigenvalue weighted by Crippen LogP contribution is 2.30. The summed E-state index contributed by atoms with van der Waals surface area (Å²) in [5.74, 6) is -0.476. The van der Waals surface area contributed by atoms with Gasteiger partial charge in [-0.3, -0.25) is 4.79 Å². The van der Waals surface area contributed by atoms with Crippen LogP contribution in [0.25, 0.3) is 0 Å². The molecule has 0 spiro atoms. The van der Waals surface area contributed by atoms with Gasteiger partial charge in [0.15, 0.2) is 6.61 Å². The van der Waals surface area contributed by atoms with Gasteiger partial charge in [-0.25, -0.2) is 4.79 Å². The summed E-state index contributed by atoms with van der Waals surface area (Å²) in [6, 6.07) is 8.21. The molecule has 1 saturated carbocycles. The first-order chi connectivity index (χ1) is 8.70. The maximum Gasteiger partial charge on any atom is 0.339 e. The Labute approximate surface area is 104 Å². The fourth-order valence-electron chi connectivity index (χ4n) is 1.49. The SMILES string of the molecule is N#CCOC(=O)c1cccc(NC(=O)C2CC2)c1. The molecule has 1 fully saturated rings. The van der Waals surface area contributed by atoms with Crippen molar-refractivity contribution in [3.05, 3.63) is 29.8 Å². The van der Waals surface area contributed by atoms with Crippen LogP contribution < -0.4 is 5.32 Å². The van der Waals surface area contributed by atoms with E-state index in [1.807, 2.05) is 0 Å². The van der Waals surface area contributed by atoms with E-state index in [4.69, 9.17) is 5.26 Å². The Kier molecular flexibility index (Phi) is 3.58. The van der Waals surface area contributed by atoms with Crippen molar-refractivity contribution in [1.82, 2.24) is 0 Å². The lowest BCUT2D eigenvalue weighted by atomic mass is 10.2. The average molecular weight is 244 g/mol. The Hall–Kier alpha value is -2.35. The smallest absolute Gasteiger partial charge is 0.339 e. The van der Waals surface area contributed by atoms with Crippen LogP contribution in [0.4, 0.5) is 5.69 Å². The molecule has 18 heavy (non-hydrogen) atoms. The third kappa shape index (κ3) is 3.08. The van der Waals surface area contributed by atoms with Gasteiger partial charge in [0.05, 0.1) is 5.56 Å². The van der Waals surface area contributed by atoms with E-state index in [9.17, 15) is 9.59 Å². The van der Waals surface area contributed by atoms with Crippen molar-refractivity contribution in [1.29, 1.82) is 5.26 Å². The molecule has 0 unspecified atom stereocenters. The number of nitrogens with zero attached hydrogens (tertiary/aromatic N) is 1. The first kappa shape index (κ1) is 12.1. The molecule has 0 aromatic heterocycles. The summed E-state index contributed by atoms with van der Waals surface area (Å²) in [5.41, 5.74) is 0.886. The fraction of sp³-hybridized carbons (Fsp3) is 0.308. The molecule has 1 aliphatic carbocycles. The molecule has 5 heteroatoms. The van der Waals surface area contributed by atoms with E-state index in [-0.39, 0.29) is 18.4 Å². The number of nitriles is 1. The third-order valence-electron chi connectivity index (χ3n) is 2.58. The number of carbonyl (C=O) groups is 2. The van der Waals surface area contributed by atoms with Crippen molar-refractivity contribution in [3.8, 4) is 6.07 Å². The second kappa shape index (κ2) is 5.32. The summed E-state index contributed by atoms with van der Waals surface area (Å²) in [7, 11) is 0. The number of hydrogen-bond acceptors (Lipinski definition) is 4. The van der Waals surface area contributed by atoms with Gasteiger partial charge in [0.25, 0.3) is 0 Å². The maximum absolute atomic E-state index is 11.6. The number of rotatable bonds is 4. The molecule has 5 nitrogen and oxygen atoms in total. The summed E-state index contributed by atoms with van der Waals surface area (Å²) in [6.07, 6.45) is 1.85. The van der Waals surface area contributed by atoms with Crippen molar-refractivity contribution in [2.24, 2.45) is 5.92 Å². The summed E-state index contributed by atoms with van der Waals surface area (Å²) in [4.78, 5) is 23.1. The van der Waals surface area contributed by atoms with Crippen molar-refractivity contribution in [3.63, 3.8) is 0 Å². The minimum absolute atomic E-state index is 0.0162. The Bertz CT molecular complexity index is 515. The van der Waals surface area contributed by atoms with Crippen LogP contribution >= 0.6 is 0 Å². The van der Waals surface area contributed by atoms with Crippen LogP contribution in [-0.4, -0.2) is 18.5 Å². The van der Waals surface area contributed by atoms with Crippen molar-refractivity contribution >= 4 is 17.6 Å². The van der Waals surface area contributed by atoms with E-state index in [1.54, 1.807) is 30.3 Å². The molecule has 1 N–H and O–H groups in total. The lowest BCUT2D eigenvalue weighted by Gasteiger charge is -2.06. The molecule has 0 heterocycles. The number of ether oxygens (including phenoxy) is 1. The number of carbonyl (C=O) groups excluding carboxylic acids is 2. The molecule has 1 aromatic carbocycles. The highest BCUT2D eigenvalue weighted by molar-refractivity contribution is 5.96. The Morgan fingerprint density at radius 2 is 2.22 bits per heavy atom. The largest absolute Gasteiger partial charge is 0.447 e. The maximum atomic E-state index is 11.6. The topological polar surface area (TPSA) is 79.2 Å². The number of amides is 1. The minimum Gasteiger partial charge on any atom is -0.447 e. The van der Waals surface area contributed by atoms with E-state index >= 15 is 0 Å². The van der Waals surface area contributed by atoms with E-state index < -0.39 is 5.97 Å². The van der Waals surface area contributed by atoms with Crippen LogP contribution in [0.15, 0.2) is 24.3 Å². The summed E-state index contributed by atoms with van der Waals surface area (Å²) in [5, 5.41) is 11.1.